The van der Waals surface area contributed by atoms with Crippen LogP contribution in [0.3, 0.4) is 0 Å². The second-order valence-electron chi connectivity index (χ2n) is 8.15. The van der Waals surface area contributed by atoms with Gasteiger partial charge in [-0.05, 0) is 75.0 Å². The number of esters is 1. The largest absolute Gasteiger partial charge is 0.460 e. The van der Waals surface area contributed by atoms with Crippen LogP contribution in [-0.4, -0.2) is 24.8 Å². The molecular weight excluding hydrogens is 288 g/mol. The van der Waals surface area contributed by atoms with Crippen molar-refractivity contribution in [2.24, 2.45) is 41.4 Å². The summed E-state index contributed by atoms with van der Waals surface area (Å²) in [5.74, 6) is 4.76. The summed E-state index contributed by atoms with van der Waals surface area (Å²) in [6.45, 7) is 6.75. The molecule has 0 aliphatic heterocycles. The van der Waals surface area contributed by atoms with Gasteiger partial charge in [-0.25, -0.2) is 0 Å². The van der Waals surface area contributed by atoms with Gasteiger partial charge >= 0.3 is 5.97 Å². The quantitative estimate of drug-likeness (QED) is 0.424. The number of carbonyl (C=O) groups is 1. The molecule has 3 heteroatoms. The van der Waals surface area contributed by atoms with Gasteiger partial charge in [-0.2, -0.15) is 0 Å². The molecule has 4 bridgehead atoms. The maximum atomic E-state index is 12.8. The van der Waals surface area contributed by atoms with Gasteiger partial charge in [-0.3, -0.25) is 4.79 Å². The molecule has 9 unspecified atom stereocenters. The highest BCUT2D eigenvalue weighted by atomic mass is 16.6. The van der Waals surface area contributed by atoms with Crippen LogP contribution >= 0.6 is 0 Å². The highest BCUT2D eigenvalue weighted by Crippen LogP contribution is 2.67. The standard InChI is InChI=1S/C20H30O3/c1-4-17(22-5-2)11(3)23-20(21)16-10-14-9-15(16)19-13-7-6-12(8-13)18(14)19/h6-7,11-19H,4-5,8-10H2,1-3H3. The average molecular weight is 318 g/mol. The Morgan fingerprint density at radius 2 is 1.87 bits per heavy atom. The van der Waals surface area contributed by atoms with E-state index in [1.807, 2.05) is 13.8 Å². The summed E-state index contributed by atoms with van der Waals surface area (Å²) in [6.07, 6.45) is 9.35. The number of carbonyl (C=O) groups excluding carboxylic acids is 1. The van der Waals surface area contributed by atoms with Gasteiger partial charge in [0, 0.05) is 6.61 Å². The predicted octanol–water partition coefficient (Wildman–Crippen LogP) is 3.83. The van der Waals surface area contributed by atoms with E-state index < -0.39 is 0 Å². The third kappa shape index (κ3) is 2.38. The van der Waals surface area contributed by atoms with E-state index in [9.17, 15) is 4.79 Å². The van der Waals surface area contributed by atoms with Gasteiger partial charge in [-0.15, -0.1) is 0 Å². The Bertz CT molecular complexity index is 499. The van der Waals surface area contributed by atoms with Gasteiger partial charge in [0.25, 0.3) is 0 Å². The van der Waals surface area contributed by atoms with Crippen LogP contribution < -0.4 is 0 Å². The molecule has 4 rings (SSSR count). The van der Waals surface area contributed by atoms with E-state index >= 15 is 0 Å². The van der Waals surface area contributed by atoms with Crippen molar-refractivity contribution in [3.63, 3.8) is 0 Å². The highest BCUT2D eigenvalue weighted by Gasteiger charge is 2.62. The Labute approximate surface area is 139 Å². The summed E-state index contributed by atoms with van der Waals surface area (Å²) in [5.41, 5.74) is 0. The Morgan fingerprint density at radius 1 is 1.13 bits per heavy atom. The van der Waals surface area contributed by atoms with E-state index in [0.29, 0.717) is 12.5 Å². The van der Waals surface area contributed by atoms with Crippen LogP contribution in [0.2, 0.25) is 0 Å². The molecule has 0 aromatic heterocycles. The number of hydrogen-bond donors (Lipinski definition) is 0. The topological polar surface area (TPSA) is 35.5 Å². The molecule has 0 saturated heterocycles. The van der Waals surface area contributed by atoms with Crippen LogP contribution in [0.1, 0.15) is 46.5 Å². The minimum atomic E-state index is -0.137. The molecule has 0 spiro atoms. The van der Waals surface area contributed by atoms with Crippen molar-refractivity contribution in [3.8, 4) is 0 Å². The minimum Gasteiger partial charge on any atom is -0.460 e. The van der Waals surface area contributed by atoms with E-state index in [1.165, 1.54) is 12.8 Å². The van der Waals surface area contributed by atoms with Crippen molar-refractivity contribution >= 4 is 5.97 Å². The van der Waals surface area contributed by atoms with E-state index in [4.69, 9.17) is 9.47 Å². The fourth-order valence-electron chi connectivity index (χ4n) is 6.43. The van der Waals surface area contributed by atoms with Crippen molar-refractivity contribution in [2.75, 3.05) is 6.61 Å². The first kappa shape index (κ1) is 15.7. The van der Waals surface area contributed by atoms with Crippen LogP contribution in [0, 0.1) is 41.4 Å². The lowest BCUT2D eigenvalue weighted by Crippen LogP contribution is -2.38. The van der Waals surface area contributed by atoms with Crippen molar-refractivity contribution in [2.45, 2.75) is 58.7 Å². The zero-order valence-corrected chi connectivity index (χ0v) is 14.6. The molecule has 9 atom stereocenters. The molecule has 0 radical (unpaired) electrons. The Morgan fingerprint density at radius 3 is 2.57 bits per heavy atom. The molecular formula is C20H30O3. The average Bonchev–Trinajstić information content (AvgIpc) is 3.29. The Kier molecular flexibility index (Phi) is 4.03. The third-order valence-corrected chi connectivity index (χ3v) is 7.18. The molecule has 4 aliphatic rings. The normalized spacial score (nSPS) is 45.3. The summed E-state index contributed by atoms with van der Waals surface area (Å²) >= 11 is 0. The monoisotopic (exact) mass is 318 g/mol. The summed E-state index contributed by atoms with van der Waals surface area (Å²) in [4.78, 5) is 12.8. The second kappa shape index (κ2) is 5.91. The predicted molar refractivity (Wildman–Crippen MR) is 88.7 cm³/mol. The van der Waals surface area contributed by atoms with Gasteiger partial charge in [0.05, 0.1) is 12.0 Å². The van der Waals surface area contributed by atoms with Crippen molar-refractivity contribution in [1.82, 2.24) is 0 Å². The first-order valence-electron chi connectivity index (χ1n) is 9.64. The molecule has 3 saturated carbocycles. The first-order valence-corrected chi connectivity index (χ1v) is 9.64. The zero-order chi connectivity index (χ0) is 16.1. The molecule has 0 aromatic rings. The Hall–Kier alpha value is -0.830. The fraction of sp³-hybridized carbons (Fsp3) is 0.850. The maximum Gasteiger partial charge on any atom is 0.309 e. The maximum absolute atomic E-state index is 12.8. The molecule has 4 aliphatic carbocycles. The summed E-state index contributed by atoms with van der Waals surface area (Å²) < 4.78 is 11.5. The van der Waals surface area contributed by atoms with E-state index in [-0.39, 0.29) is 24.1 Å². The van der Waals surface area contributed by atoms with Crippen molar-refractivity contribution in [3.05, 3.63) is 12.2 Å². The lowest BCUT2D eigenvalue weighted by Gasteiger charge is -2.36. The van der Waals surface area contributed by atoms with Gasteiger partial charge in [0.15, 0.2) is 0 Å². The number of ether oxygens (including phenoxy) is 2. The summed E-state index contributed by atoms with van der Waals surface area (Å²) in [6, 6.07) is 0. The Balaban J connectivity index is 1.40. The van der Waals surface area contributed by atoms with Crippen LogP contribution in [0.5, 0.6) is 0 Å². The number of rotatable bonds is 6. The number of allylic oxidation sites excluding steroid dienone is 2. The molecule has 23 heavy (non-hydrogen) atoms. The highest BCUT2D eigenvalue weighted by molar-refractivity contribution is 5.74. The second-order valence-corrected chi connectivity index (χ2v) is 8.15. The molecule has 0 aromatic carbocycles. The minimum absolute atomic E-state index is 0.0284. The molecule has 0 N–H and O–H groups in total. The molecule has 0 heterocycles. The van der Waals surface area contributed by atoms with Crippen LogP contribution in [0.15, 0.2) is 12.2 Å². The van der Waals surface area contributed by atoms with Gasteiger partial charge in [0.1, 0.15) is 6.10 Å². The zero-order valence-electron chi connectivity index (χ0n) is 14.6. The number of hydrogen-bond acceptors (Lipinski definition) is 3. The first-order chi connectivity index (χ1) is 11.1. The van der Waals surface area contributed by atoms with Crippen LogP contribution in [0.25, 0.3) is 0 Å². The van der Waals surface area contributed by atoms with Crippen LogP contribution in [0.4, 0.5) is 0 Å². The molecule has 0 amide bonds. The van der Waals surface area contributed by atoms with Gasteiger partial charge in [-0.1, -0.05) is 19.1 Å². The SMILES string of the molecule is CCOC(CC)C(C)OC(=O)C1CC2CC1C1C3C=CC(C3)C21. The van der Waals surface area contributed by atoms with Crippen molar-refractivity contribution < 1.29 is 14.3 Å². The van der Waals surface area contributed by atoms with Gasteiger partial charge < -0.3 is 9.47 Å². The fourth-order valence-corrected chi connectivity index (χ4v) is 6.43. The van der Waals surface area contributed by atoms with Crippen LogP contribution in [-0.2, 0) is 14.3 Å². The number of fused-ring (bicyclic) bond motifs is 9. The van der Waals surface area contributed by atoms with E-state index in [2.05, 4.69) is 19.1 Å². The summed E-state index contributed by atoms with van der Waals surface area (Å²) in [7, 11) is 0. The van der Waals surface area contributed by atoms with E-state index in [1.54, 1.807) is 0 Å². The molecule has 128 valence electrons. The molecule has 3 nitrogen and oxygen atoms in total. The summed E-state index contributed by atoms with van der Waals surface area (Å²) in [5, 5.41) is 0. The van der Waals surface area contributed by atoms with Crippen molar-refractivity contribution in [1.29, 1.82) is 0 Å². The third-order valence-electron chi connectivity index (χ3n) is 7.18. The smallest absolute Gasteiger partial charge is 0.309 e. The molecule has 3 fully saturated rings. The lowest BCUT2D eigenvalue weighted by atomic mass is 9.69. The van der Waals surface area contributed by atoms with Gasteiger partial charge in [0.2, 0.25) is 0 Å². The lowest BCUT2D eigenvalue weighted by molar-refractivity contribution is -0.164. The van der Waals surface area contributed by atoms with E-state index in [0.717, 1.165) is 42.4 Å².